The van der Waals surface area contributed by atoms with Crippen LogP contribution >= 0.6 is 0 Å². The van der Waals surface area contributed by atoms with E-state index in [1.807, 2.05) is 0 Å². The Morgan fingerprint density at radius 1 is 1.16 bits per heavy atom. The number of likely N-dealkylation sites (tertiary alicyclic amines) is 1. The van der Waals surface area contributed by atoms with Crippen LogP contribution in [0.1, 0.15) is 58.8 Å². The fraction of sp³-hybridized carbons (Fsp3) is 1.00. The van der Waals surface area contributed by atoms with Crippen molar-refractivity contribution < 1.29 is 5.11 Å². The van der Waals surface area contributed by atoms with Crippen LogP contribution in [0.5, 0.6) is 0 Å². The molecule has 19 heavy (non-hydrogen) atoms. The molecule has 1 aliphatic rings. The van der Waals surface area contributed by atoms with Crippen LogP contribution in [0.25, 0.3) is 0 Å². The predicted octanol–water partition coefficient (Wildman–Crippen LogP) is 2.64. The molecule has 2 N–H and O–H groups in total. The van der Waals surface area contributed by atoms with Crippen LogP contribution in [0.4, 0.5) is 0 Å². The highest BCUT2D eigenvalue weighted by Crippen LogP contribution is 2.20. The van der Waals surface area contributed by atoms with Crippen molar-refractivity contribution in [1.29, 1.82) is 0 Å². The summed E-state index contributed by atoms with van der Waals surface area (Å²) in [5.41, 5.74) is 0. The normalized spacial score (nSPS) is 19.7. The molecule has 1 rings (SSSR count). The van der Waals surface area contributed by atoms with E-state index in [1.54, 1.807) is 0 Å². The molecule has 3 nitrogen and oxygen atoms in total. The molecular weight excluding hydrogens is 236 g/mol. The Kier molecular flexibility index (Phi) is 9.48. The molecule has 3 heteroatoms. The van der Waals surface area contributed by atoms with E-state index in [2.05, 4.69) is 24.1 Å². The molecule has 0 bridgehead atoms. The molecule has 0 amide bonds. The highest BCUT2D eigenvalue weighted by Gasteiger charge is 2.22. The molecule has 1 aliphatic heterocycles. The average molecular weight is 270 g/mol. The average Bonchev–Trinajstić information content (AvgIpc) is 2.43. The second-order valence-electron chi connectivity index (χ2n) is 6.06. The number of nitrogens with one attached hydrogen (secondary N) is 1. The quantitative estimate of drug-likeness (QED) is 0.599. The van der Waals surface area contributed by atoms with E-state index in [0.717, 1.165) is 18.9 Å². The molecule has 0 aromatic carbocycles. The van der Waals surface area contributed by atoms with E-state index in [0.29, 0.717) is 12.6 Å². The van der Waals surface area contributed by atoms with Gasteiger partial charge >= 0.3 is 0 Å². The first-order valence-corrected chi connectivity index (χ1v) is 8.34. The number of hydrogen-bond acceptors (Lipinski definition) is 3. The number of aliphatic hydroxyl groups is 1. The van der Waals surface area contributed by atoms with Gasteiger partial charge in [-0.1, -0.05) is 19.8 Å². The fourth-order valence-electron chi connectivity index (χ4n) is 3.08. The second-order valence-corrected chi connectivity index (χ2v) is 6.06. The summed E-state index contributed by atoms with van der Waals surface area (Å²) >= 11 is 0. The number of aliphatic hydroxyl groups excluding tert-OH is 1. The molecule has 0 spiro atoms. The molecular formula is C16H34N2O. The zero-order valence-corrected chi connectivity index (χ0v) is 13.0. The maximum atomic E-state index is 8.72. The molecule has 0 aromatic rings. The lowest BCUT2D eigenvalue weighted by atomic mass is 9.90. The minimum atomic E-state index is 0.347. The standard InChI is InChI=1S/C16H34N2O/c1-3-11-18-12-8-16(9-13-18)15(2)17-10-6-4-5-7-14-19/h15-17,19H,3-14H2,1-2H3. The summed E-state index contributed by atoms with van der Waals surface area (Å²) in [6.45, 7) is 9.98. The van der Waals surface area contributed by atoms with Crippen molar-refractivity contribution in [3.05, 3.63) is 0 Å². The number of hydrogen-bond donors (Lipinski definition) is 2. The van der Waals surface area contributed by atoms with Gasteiger partial charge in [0.2, 0.25) is 0 Å². The van der Waals surface area contributed by atoms with E-state index in [1.165, 1.54) is 58.2 Å². The maximum absolute atomic E-state index is 8.72. The van der Waals surface area contributed by atoms with Crippen LogP contribution in [-0.2, 0) is 0 Å². The van der Waals surface area contributed by atoms with Crippen molar-refractivity contribution in [1.82, 2.24) is 10.2 Å². The Morgan fingerprint density at radius 2 is 1.84 bits per heavy atom. The zero-order chi connectivity index (χ0) is 13.9. The lowest BCUT2D eigenvalue weighted by molar-refractivity contribution is 0.162. The van der Waals surface area contributed by atoms with Gasteiger partial charge in [0.25, 0.3) is 0 Å². The highest BCUT2D eigenvalue weighted by molar-refractivity contribution is 4.79. The number of rotatable bonds is 10. The van der Waals surface area contributed by atoms with Crippen molar-refractivity contribution in [2.45, 2.75) is 64.8 Å². The van der Waals surface area contributed by atoms with Crippen molar-refractivity contribution in [2.24, 2.45) is 5.92 Å². The van der Waals surface area contributed by atoms with Gasteiger partial charge in [-0.05, 0) is 71.1 Å². The van der Waals surface area contributed by atoms with Gasteiger partial charge < -0.3 is 15.3 Å². The molecule has 1 unspecified atom stereocenters. The molecule has 0 radical (unpaired) electrons. The Morgan fingerprint density at radius 3 is 2.47 bits per heavy atom. The number of unbranched alkanes of at least 4 members (excludes halogenated alkanes) is 3. The van der Waals surface area contributed by atoms with Gasteiger partial charge in [0.1, 0.15) is 0 Å². The van der Waals surface area contributed by atoms with E-state index >= 15 is 0 Å². The van der Waals surface area contributed by atoms with Crippen LogP contribution in [-0.4, -0.2) is 48.8 Å². The molecule has 0 aliphatic carbocycles. The second kappa shape index (κ2) is 10.6. The Hall–Kier alpha value is -0.120. The zero-order valence-electron chi connectivity index (χ0n) is 13.0. The van der Waals surface area contributed by atoms with E-state index in [9.17, 15) is 0 Å². The number of nitrogens with zero attached hydrogens (tertiary/aromatic N) is 1. The van der Waals surface area contributed by atoms with Gasteiger partial charge in [-0.2, -0.15) is 0 Å². The number of piperidine rings is 1. The monoisotopic (exact) mass is 270 g/mol. The summed E-state index contributed by atoms with van der Waals surface area (Å²) in [7, 11) is 0. The van der Waals surface area contributed by atoms with Gasteiger partial charge in [0, 0.05) is 12.6 Å². The van der Waals surface area contributed by atoms with Crippen molar-refractivity contribution in [2.75, 3.05) is 32.8 Å². The Bertz CT molecular complexity index is 203. The van der Waals surface area contributed by atoms with Crippen molar-refractivity contribution >= 4 is 0 Å². The topological polar surface area (TPSA) is 35.5 Å². The van der Waals surface area contributed by atoms with Gasteiger partial charge in [-0.3, -0.25) is 0 Å². The fourth-order valence-corrected chi connectivity index (χ4v) is 3.08. The van der Waals surface area contributed by atoms with Crippen LogP contribution in [0.3, 0.4) is 0 Å². The van der Waals surface area contributed by atoms with Gasteiger partial charge in [0.05, 0.1) is 0 Å². The molecule has 1 saturated heterocycles. The first-order valence-electron chi connectivity index (χ1n) is 8.34. The van der Waals surface area contributed by atoms with Crippen LogP contribution in [0, 0.1) is 5.92 Å². The summed E-state index contributed by atoms with van der Waals surface area (Å²) in [6.07, 6.45) is 8.63. The van der Waals surface area contributed by atoms with Gasteiger partial charge in [-0.15, -0.1) is 0 Å². The van der Waals surface area contributed by atoms with Gasteiger partial charge in [-0.25, -0.2) is 0 Å². The molecule has 114 valence electrons. The van der Waals surface area contributed by atoms with E-state index in [4.69, 9.17) is 5.11 Å². The summed E-state index contributed by atoms with van der Waals surface area (Å²) in [5, 5.41) is 12.4. The third kappa shape index (κ3) is 7.28. The first-order chi connectivity index (χ1) is 9.27. The summed E-state index contributed by atoms with van der Waals surface area (Å²) < 4.78 is 0. The minimum Gasteiger partial charge on any atom is -0.396 e. The summed E-state index contributed by atoms with van der Waals surface area (Å²) in [6, 6.07) is 0.668. The van der Waals surface area contributed by atoms with E-state index in [-0.39, 0.29) is 0 Å². The van der Waals surface area contributed by atoms with Crippen LogP contribution < -0.4 is 5.32 Å². The van der Waals surface area contributed by atoms with Crippen molar-refractivity contribution in [3.8, 4) is 0 Å². The van der Waals surface area contributed by atoms with Crippen molar-refractivity contribution in [3.63, 3.8) is 0 Å². The predicted molar refractivity (Wildman–Crippen MR) is 82.5 cm³/mol. The largest absolute Gasteiger partial charge is 0.396 e. The first kappa shape index (κ1) is 16.9. The smallest absolute Gasteiger partial charge is 0.0431 e. The lowest BCUT2D eigenvalue weighted by Crippen LogP contribution is -2.42. The van der Waals surface area contributed by atoms with E-state index < -0.39 is 0 Å². The van der Waals surface area contributed by atoms with Gasteiger partial charge in [0.15, 0.2) is 0 Å². The van der Waals surface area contributed by atoms with Crippen LogP contribution in [0.2, 0.25) is 0 Å². The minimum absolute atomic E-state index is 0.347. The molecule has 1 fully saturated rings. The summed E-state index contributed by atoms with van der Waals surface area (Å²) in [5.74, 6) is 0.866. The SMILES string of the molecule is CCCN1CCC(C(C)NCCCCCCO)CC1. The molecule has 0 saturated carbocycles. The molecule has 1 atom stereocenters. The molecule has 0 aromatic heterocycles. The maximum Gasteiger partial charge on any atom is 0.0431 e. The van der Waals surface area contributed by atoms with Crippen LogP contribution in [0.15, 0.2) is 0 Å². The Balaban J connectivity index is 2.02. The molecule has 1 heterocycles. The third-order valence-corrected chi connectivity index (χ3v) is 4.43. The highest BCUT2D eigenvalue weighted by atomic mass is 16.2. The summed E-state index contributed by atoms with van der Waals surface area (Å²) in [4.78, 5) is 2.61. The lowest BCUT2D eigenvalue weighted by Gasteiger charge is -2.35. The third-order valence-electron chi connectivity index (χ3n) is 4.43. The Labute approximate surface area is 119 Å².